The molecular weight excluding hydrogens is 260 g/mol. The van der Waals surface area contributed by atoms with Gasteiger partial charge in [-0.15, -0.1) is 0 Å². The molecule has 0 spiro atoms. The van der Waals surface area contributed by atoms with Crippen molar-refractivity contribution in [3.05, 3.63) is 35.9 Å². The molecule has 0 radical (unpaired) electrons. The summed E-state index contributed by atoms with van der Waals surface area (Å²) in [7, 11) is -1.46. The lowest BCUT2D eigenvalue weighted by atomic mass is 10.2. The molecule has 0 saturated carbocycles. The number of nitrogens with one attached hydrogen (secondary N) is 1. The molecule has 1 aromatic carbocycles. The van der Waals surface area contributed by atoms with Gasteiger partial charge in [0.25, 0.3) is 0 Å². The molecule has 0 unspecified atom stereocenters. The molecule has 5 heteroatoms. The Morgan fingerprint density at radius 3 is 2.53 bits per heavy atom. The fraction of sp³-hybridized carbons (Fsp3) is 0.571. The fourth-order valence-electron chi connectivity index (χ4n) is 1.78. The first kappa shape index (κ1) is 16.1. The van der Waals surface area contributed by atoms with Crippen molar-refractivity contribution in [2.24, 2.45) is 0 Å². The zero-order valence-electron chi connectivity index (χ0n) is 11.8. The molecule has 0 bridgehead atoms. The Morgan fingerprint density at radius 1 is 1.21 bits per heavy atom. The third kappa shape index (κ3) is 6.18. The Kier molecular flexibility index (Phi) is 7.05. The molecular formula is C14H24N2O2S. The smallest absolute Gasteiger partial charge is 0.213 e. The van der Waals surface area contributed by atoms with Crippen LogP contribution in [0.4, 0.5) is 0 Å². The largest absolute Gasteiger partial charge is 0.317 e. The third-order valence-corrected chi connectivity index (χ3v) is 4.98. The molecule has 19 heavy (non-hydrogen) atoms. The van der Waals surface area contributed by atoms with Crippen LogP contribution in [-0.4, -0.2) is 45.2 Å². The second kappa shape index (κ2) is 8.30. The highest BCUT2D eigenvalue weighted by molar-refractivity contribution is 7.89. The van der Waals surface area contributed by atoms with Crippen LogP contribution in [0.2, 0.25) is 0 Å². The minimum atomic E-state index is -3.12. The first-order chi connectivity index (χ1) is 9.06. The van der Waals surface area contributed by atoms with Crippen LogP contribution in [0.5, 0.6) is 0 Å². The maximum absolute atomic E-state index is 12.0. The van der Waals surface area contributed by atoms with Crippen LogP contribution >= 0.6 is 0 Å². The second-order valence-electron chi connectivity index (χ2n) is 4.58. The van der Waals surface area contributed by atoms with Gasteiger partial charge in [-0.3, -0.25) is 0 Å². The highest BCUT2D eigenvalue weighted by Crippen LogP contribution is 2.05. The number of hydrogen-bond donors (Lipinski definition) is 1. The van der Waals surface area contributed by atoms with Crippen molar-refractivity contribution in [1.29, 1.82) is 0 Å². The summed E-state index contributed by atoms with van der Waals surface area (Å²) >= 11 is 0. The summed E-state index contributed by atoms with van der Waals surface area (Å²) < 4.78 is 25.5. The van der Waals surface area contributed by atoms with Crippen LogP contribution in [-0.2, 0) is 16.4 Å². The van der Waals surface area contributed by atoms with Gasteiger partial charge in [-0.25, -0.2) is 12.7 Å². The van der Waals surface area contributed by atoms with E-state index in [1.807, 2.05) is 37.3 Å². The zero-order chi connectivity index (χ0) is 14.1. The minimum Gasteiger partial charge on any atom is -0.317 e. The summed E-state index contributed by atoms with van der Waals surface area (Å²) in [6.07, 6.45) is 1.41. The van der Waals surface area contributed by atoms with Crippen LogP contribution < -0.4 is 5.32 Å². The van der Waals surface area contributed by atoms with E-state index < -0.39 is 10.0 Å². The molecule has 0 atom stereocenters. The summed E-state index contributed by atoms with van der Waals surface area (Å²) in [6.45, 7) is 4.18. The summed E-state index contributed by atoms with van der Waals surface area (Å²) in [5, 5.41) is 3.13. The van der Waals surface area contributed by atoms with Crippen molar-refractivity contribution >= 4 is 10.0 Å². The standard InChI is InChI=1S/C14H24N2O2S/c1-3-15-11-7-13-19(17,18)16(2)12-10-14-8-5-4-6-9-14/h4-6,8-9,15H,3,7,10-13H2,1-2H3. The Bertz CT molecular complexity index is 446. The molecule has 0 aliphatic carbocycles. The summed E-state index contributed by atoms with van der Waals surface area (Å²) in [5.41, 5.74) is 1.16. The van der Waals surface area contributed by atoms with E-state index in [9.17, 15) is 8.42 Å². The van der Waals surface area contributed by atoms with Gasteiger partial charge in [0.2, 0.25) is 10.0 Å². The van der Waals surface area contributed by atoms with Crippen molar-refractivity contribution in [1.82, 2.24) is 9.62 Å². The number of benzene rings is 1. The summed E-state index contributed by atoms with van der Waals surface area (Å²) in [6, 6.07) is 9.95. The van der Waals surface area contributed by atoms with E-state index in [1.54, 1.807) is 7.05 Å². The van der Waals surface area contributed by atoms with E-state index in [4.69, 9.17) is 0 Å². The molecule has 1 rings (SSSR count). The van der Waals surface area contributed by atoms with Crippen LogP contribution in [0.15, 0.2) is 30.3 Å². The maximum atomic E-state index is 12.0. The van der Waals surface area contributed by atoms with Gasteiger partial charge in [0.1, 0.15) is 0 Å². The quantitative estimate of drug-likeness (QED) is 0.699. The second-order valence-corrected chi connectivity index (χ2v) is 6.78. The normalized spacial score (nSPS) is 11.9. The highest BCUT2D eigenvalue weighted by atomic mass is 32.2. The predicted molar refractivity (Wildman–Crippen MR) is 79.7 cm³/mol. The van der Waals surface area contributed by atoms with Gasteiger partial charge in [0, 0.05) is 13.6 Å². The first-order valence-electron chi connectivity index (χ1n) is 6.75. The molecule has 0 amide bonds. The highest BCUT2D eigenvalue weighted by Gasteiger charge is 2.16. The van der Waals surface area contributed by atoms with Crippen molar-refractivity contribution in [3.63, 3.8) is 0 Å². The van der Waals surface area contributed by atoms with E-state index in [-0.39, 0.29) is 5.75 Å². The number of nitrogens with zero attached hydrogens (tertiary/aromatic N) is 1. The van der Waals surface area contributed by atoms with Gasteiger partial charge < -0.3 is 5.32 Å². The van der Waals surface area contributed by atoms with Crippen molar-refractivity contribution in [2.75, 3.05) is 32.4 Å². The van der Waals surface area contributed by atoms with E-state index in [0.29, 0.717) is 13.0 Å². The third-order valence-electron chi connectivity index (χ3n) is 3.04. The molecule has 4 nitrogen and oxygen atoms in total. The topological polar surface area (TPSA) is 49.4 Å². The maximum Gasteiger partial charge on any atom is 0.213 e. The Balaban J connectivity index is 2.37. The van der Waals surface area contributed by atoms with Crippen molar-refractivity contribution in [2.45, 2.75) is 19.8 Å². The Labute approximate surface area is 116 Å². The monoisotopic (exact) mass is 284 g/mol. The average Bonchev–Trinajstić information content (AvgIpc) is 2.42. The van der Waals surface area contributed by atoms with E-state index >= 15 is 0 Å². The van der Waals surface area contributed by atoms with Crippen LogP contribution in [0.3, 0.4) is 0 Å². The lowest BCUT2D eigenvalue weighted by molar-refractivity contribution is 0.470. The van der Waals surface area contributed by atoms with Gasteiger partial charge in [-0.2, -0.15) is 0 Å². The molecule has 0 aliphatic heterocycles. The van der Waals surface area contributed by atoms with Crippen LogP contribution in [0, 0.1) is 0 Å². The summed E-state index contributed by atoms with van der Waals surface area (Å²) in [4.78, 5) is 0. The van der Waals surface area contributed by atoms with Gasteiger partial charge >= 0.3 is 0 Å². The molecule has 0 heterocycles. The Hall–Kier alpha value is -0.910. The van der Waals surface area contributed by atoms with E-state index in [1.165, 1.54) is 4.31 Å². The number of sulfonamides is 1. The summed E-state index contributed by atoms with van der Waals surface area (Å²) in [5.74, 6) is 0.214. The van der Waals surface area contributed by atoms with Crippen molar-refractivity contribution < 1.29 is 8.42 Å². The van der Waals surface area contributed by atoms with E-state index in [0.717, 1.165) is 25.1 Å². The predicted octanol–water partition coefficient (Wildman–Crippen LogP) is 1.49. The number of likely N-dealkylation sites (N-methyl/N-ethyl adjacent to an activating group) is 1. The SMILES string of the molecule is CCNCCCS(=O)(=O)N(C)CCc1ccccc1. The zero-order valence-corrected chi connectivity index (χ0v) is 12.6. The molecule has 108 valence electrons. The fourth-order valence-corrected chi connectivity index (χ4v) is 2.97. The molecule has 0 fully saturated rings. The molecule has 1 N–H and O–H groups in total. The number of rotatable bonds is 9. The van der Waals surface area contributed by atoms with Crippen LogP contribution in [0.1, 0.15) is 18.9 Å². The minimum absolute atomic E-state index is 0.214. The number of hydrogen-bond acceptors (Lipinski definition) is 3. The van der Waals surface area contributed by atoms with Crippen molar-refractivity contribution in [3.8, 4) is 0 Å². The molecule has 0 aliphatic rings. The van der Waals surface area contributed by atoms with Gasteiger partial charge in [-0.1, -0.05) is 37.3 Å². The molecule has 1 aromatic rings. The lowest BCUT2D eigenvalue weighted by Crippen LogP contribution is -2.32. The van der Waals surface area contributed by atoms with Gasteiger partial charge in [0.05, 0.1) is 5.75 Å². The van der Waals surface area contributed by atoms with Gasteiger partial charge in [0.15, 0.2) is 0 Å². The molecule has 0 aromatic heterocycles. The molecule has 0 saturated heterocycles. The first-order valence-corrected chi connectivity index (χ1v) is 8.36. The average molecular weight is 284 g/mol. The Morgan fingerprint density at radius 2 is 1.89 bits per heavy atom. The van der Waals surface area contributed by atoms with Gasteiger partial charge in [-0.05, 0) is 31.5 Å². The lowest BCUT2D eigenvalue weighted by Gasteiger charge is -2.17. The van der Waals surface area contributed by atoms with Crippen LogP contribution in [0.25, 0.3) is 0 Å². The van der Waals surface area contributed by atoms with E-state index in [2.05, 4.69) is 5.32 Å².